The summed E-state index contributed by atoms with van der Waals surface area (Å²) in [4.78, 5) is 14.0. The van der Waals surface area contributed by atoms with Gasteiger partial charge in [0.1, 0.15) is 5.60 Å². The van der Waals surface area contributed by atoms with Crippen LogP contribution >= 0.6 is 0 Å². The molecule has 140 valence electrons. The van der Waals surface area contributed by atoms with Crippen molar-refractivity contribution < 1.29 is 22.1 Å². The predicted octanol–water partition coefficient (Wildman–Crippen LogP) is 3.49. The molecule has 1 saturated heterocycles. The lowest BCUT2D eigenvalue weighted by Crippen LogP contribution is -2.41. The first-order valence-corrected chi connectivity index (χ1v) is 10.0. The van der Waals surface area contributed by atoms with Crippen LogP contribution in [0.25, 0.3) is 0 Å². The number of nitrogens with zero attached hydrogens (tertiary/aromatic N) is 1. The Bertz CT molecular complexity index is 676. The van der Waals surface area contributed by atoms with Gasteiger partial charge < -0.3 is 9.64 Å². The van der Waals surface area contributed by atoms with Gasteiger partial charge in [0.2, 0.25) is 0 Å². The van der Waals surface area contributed by atoms with E-state index in [1.54, 1.807) is 30.9 Å². The number of carbonyl (C=O) groups excluding carboxylic acids is 1. The van der Waals surface area contributed by atoms with Crippen LogP contribution in [0, 0.1) is 6.92 Å². The molecule has 0 N–H and O–H groups in total. The minimum absolute atomic E-state index is 0.0451. The molecule has 0 atom stereocenters. The molecule has 0 radical (unpaired) electrons. The van der Waals surface area contributed by atoms with Crippen molar-refractivity contribution in [2.75, 3.05) is 19.7 Å². The van der Waals surface area contributed by atoms with Gasteiger partial charge >= 0.3 is 6.09 Å². The highest BCUT2D eigenvalue weighted by molar-refractivity contribution is 7.86. The highest BCUT2D eigenvalue weighted by Crippen LogP contribution is 2.20. The zero-order chi connectivity index (χ0) is 18.5. The molecule has 1 amide bonds. The summed E-state index contributed by atoms with van der Waals surface area (Å²) >= 11 is 0. The largest absolute Gasteiger partial charge is 0.443 e. The minimum Gasteiger partial charge on any atom is -0.443 e. The lowest BCUT2D eigenvalue weighted by atomic mass is 10.1. The molecule has 0 aromatic heterocycles. The van der Waals surface area contributed by atoms with Crippen LogP contribution < -0.4 is 0 Å². The lowest BCUT2D eigenvalue weighted by molar-refractivity contribution is -0.000592. The molecular weight excluding hydrogens is 342 g/mol. The maximum atomic E-state index is 12.2. The number of ether oxygens (including phenoxy) is 1. The molecule has 1 aliphatic rings. The zero-order valence-corrected chi connectivity index (χ0v) is 16.0. The molecule has 7 heteroatoms. The summed E-state index contributed by atoms with van der Waals surface area (Å²) in [6.07, 6.45) is 3.07. The smallest absolute Gasteiger partial charge is 0.410 e. The first-order valence-electron chi connectivity index (χ1n) is 8.64. The van der Waals surface area contributed by atoms with Gasteiger partial charge in [0.05, 0.1) is 11.5 Å². The van der Waals surface area contributed by atoms with Crippen molar-refractivity contribution in [1.29, 1.82) is 0 Å². The zero-order valence-electron chi connectivity index (χ0n) is 15.2. The van der Waals surface area contributed by atoms with Gasteiger partial charge in [-0.15, -0.1) is 0 Å². The van der Waals surface area contributed by atoms with E-state index in [9.17, 15) is 13.2 Å². The first-order chi connectivity index (χ1) is 11.7. The lowest BCUT2D eigenvalue weighted by Gasteiger charge is -2.31. The van der Waals surface area contributed by atoms with Gasteiger partial charge in [0, 0.05) is 19.5 Å². The van der Waals surface area contributed by atoms with Crippen LogP contribution in [0.15, 0.2) is 29.2 Å². The van der Waals surface area contributed by atoms with Gasteiger partial charge in [-0.25, -0.2) is 4.79 Å². The summed E-state index contributed by atoms with van der Waals surface area (Å²) in [6, 6.07) is 6.49. The van der Waals surface area contributed by atoms with E-state index in [2.05, 4.69) is 0 Å². The molecule has 0 aliphatic carbocycles. The van der Waals surface area contributed by atoms with Gasteiger partial charge in [-0.05, 0) is 52.2 Å². The highest BCUT2D eigenvalue weighted by atomic mass is 32.2. The minimum atomic E-state index is -3.80. The van der Waals surface area contributed by atoms with Crippen LogP contribution in [-0.2, 0) is 19.0 Å². The molecule has 1 aromatic rings. The third-order valence-electron chi connectivity index (χ3n) is 4.23. The van der Waals surface area contributed by atoms with Gasteiger partial charge in [-0.3, -0.25) is 4.18 Å². The second-order valence-electron chi connectivity index (χ2n) is 7.01. The van der Waals surface area contributed by atoms with E-state index >= 15 is 0 Å². The summed E-state index contributed by atoms with van der Waals surface area (Å²) in [5, 5.41) is 0. The van der Waals surface area contributed by atoms with E-state index in [0.29, 0.717) is 13.1 Å². The molecule has 0 saturated carbocycles. The Morgan fingerprint density at radius 3 is 2.32 bits per heavy atom. The SMILES string of the molecule is Cc1ccc(S(=O)(=O)OCCC(C)(C)OC(=O)N2CCCCC2)cc1. The monoisotopic (exact) mass is 369 g/mol. The molecular formula is C18H27NO5S. The highest BCUT2D eigenvalue weighted by Gasteiger charge is 2.28. The van der Waals surface area contributed by atoms with Gasteiger partial charge in [0.25, 0.3) is 10.1 Å². The second-order valence-corrected chi connectivity index (χ2v) is 8.63. The van der Waals surface area contributed by atoms with E-state index in [0.717, 1.165) is 24.8 Å². The summed E-state index contributed by atoms with van der Waals surface area (Å²) < 4.78 is 34.9. The number of piperidine rings is 1. The topological polar surface area (TPSA) is 72.9 Å². The van der Waals surface area contributed by atoms with Crippen molar-refractivity contribution in [2.24, 2.45) is 0 Å². The van der Waals surface area contributed by atoms with Gasteiger partial charge in [-0.2, -0.15) is 8.42 Å². The molecule has 0 spiro atoms. The summed E-state index contributed by atoms with van der Waals surface area (Å²) in [6.45, 7) is 6.79. The normalized spacial score (nSPS) is 15.9. The van der Waals surface area contributed by atoms with E-state index in [1.807, 2.05) is 6.92 Å². The molecule has 1 heterocycles. The molecule has 0 bridgehead atoms. The van der Waals surface area contributed by atoms with Crippen LogP contribution in [0.1, 0.15) is 45.1 Å². The standard InChI is InChI=1S/C18H27NO5S/c1-15-7-9-16(10-8-15)25(21,22)23-14-11-18(2,3)24-17(20)19-12-5-4-6-13-19/h7-10H,4-6,11-14H2,1-3H3. The number of amides is 1. The fraction of sp³-hybridized carbons (Fsp3) is 0.611. The number of hydrogen-bond acceptors (Lipinski definition) is 5. The maximum absolute atomic E-state index is 12.2. The van der Waals surface area contributed by atoms with Crippen LogP contribution in [0.5, 0.6) is 0 Å². The second kappa shape index (κ2) is 8.19. The molecule has 6 nitrogen and oxygen atoms in total. The molecule has 25 heavy (non-hydrogen) atoms. The van der Waals surface area contributed by atoms with Gasteiger partial charge in [-0.1, -0.05) is 17.7 Å². The average molecular weight is 369 g/mol. The fourth-order valence-corrected chi connectivity index (χ4v) is 3.51. The van der Waals surface area contributed by atoms with Crippen LogP contribution in [0.3, 0.4) is 0 Å². The number of aryl methyl sites for hydroxylation is 1. The van der Waals surface area contributed by atoms with E-state index in [1.165, 1.54) is 12.1 Å². The molecule has 1 aromatic carbocycles. The number of benzene rings is 1. The van der Waals surface area contributed by atoms with Gasteiger partial charge in [0.15, 0.2) is 0 Å². The van der Waals surface area contributed by atoms with E-state index in [4.69, 9.17) is 8.92 Å². The first kappa shape index (κ1) is 19.7. The van der Waals surface area contributed by atoms with Crippen molar-refractivity contribution in [3.05, 3.63) is 29.8 Å². The Kier molecular flexibility index (Phi) is 6.46. The van der Waals surface area contributed by atoms with Crippen LogP contribution in [-0.4, -0.2) is 44.7 Å². The third-order valence-corrected chi connectivity index (χ3v) is 5.56. The van der Waals surface area contributed by atoms with Crippen molar-refractivity contribution >= 4 is 16.2 Å². The summed E-state index contributed by atoms with van der Waals surface area (Å²) in [7, 11) is -3.80. The maximum Gasteiger partial charge on any atom is 0.410 e. The molecule has 1 aliphatic heterocycles. The quantitative estimate of drug-likeness (QED) is 0.718. The van der Waals surface area contributed by atoms with Crippen molar-refractivity contribution in [3.63, 3.8) is 0 Å². The number of likely N-dealkylation sites (tertiary alicyclic amines) is 1. The fourth-order valence-electron chi connectivity index (χ4n) is 2.60. The Labute approximate surface area is 150 Å². The Hall–Kier alpha value is -1.60. The third kappa shape index (κ3) is 6.01. The summed E-state index contributed by atoms with van der Waals surface area (Å²) in [5.41, 5.74) is 0.182. The van der Waals surface area contributed by atoms with E-state index in [-0.39, 0.29) is 24.0 Å². The Balaban J connectivity index is 1.84. The molecule has 2 rings (SSSR count). The van der Waals surface area contributed by atoms with Crippen LogP contribution in [0.2, 0.25) is 0 Å². The average Bonchev–Trinajstić information content (AvgIpc) is 2.55. The number of rotatable bonds is 6. The van der Waals surface area contributed by atoms with E-state index < -0.39 is 15.7 Å². The van der Waals surface area contributed by atoms with Crippen molar-refractivity contribution in [1.82, 2.24) is 4.90 Å². The molecule has 1 fully saturated rings. The number of hydrogen-bond donors (Lipinski definition) is 0. The predicted molar refractivity (Wildman–Crippen MR) is 94.9 cm³/mol. The molecule has 0 unspecified atom stereocenters. The summed E-state index contributed by atoms with van der Waals surface area (Å²) in [5.74, 6) is 0. The Morgan fingerprint density at radius 2 is 1.72 bits per heavy atom. The van der Waals surface area contributed by atoms with Crippen molar-refractivity contribution in [2.45, 2.75) is 57.0 Å². The van der Waals surface area contributed by atoms with Crippen LogP contribution in [0.4, 0.5) is 4.79 Å². The number of carbonyl (C=O) groups is 1. The Morgan fingerprint density at radius 1 is 1.12 bits per heavy atom. The van der Waals surface area contributed by atoms with Crippen molar-refractivity contribution in [3.8, 4) is 0 Å².